The standard InChI is InChI=1S/C8H10F3N5O3/c1-15-6(12-4-13-15)14-7(19)16(2-5(17)18)3-8(9,10)11/h4H,2-3H2,1H3,(H,17,18)(H,12,13,14,19). The number of urea groups is 1. The summed E-state index contributed by atoms with van der Waals surface area (Å²) in [5.41, 5.74) is 0. The lowest BCUT2D eigenvalue weighted by Gasteiger charge is -2.21. The van der Waals surface area contributed by atoms with Crippen molar-refractivity contribution in [1.82, 2.24) is 19.7 Å². The van der Waals surface area contributed by atoms with Gasteiger partial charge in [-0.3, -0.25) is 10.1 Å². The van der Waals surface area contributed by atoms with Gasteiger partial charge in [-0.05, 0) is 0 Å². The van der Waals surface area contributed by atoms with Gasteiger partial charge in [-0.2, -0.15) is 23.3 Å². The molecule has 0 aromatic carbocycles. The average Bonchev–Trinajstić information content (AvgIpc) is 2.60. The van der Waals surface area contributed by atoms with Crippen LogP contribution >= 0.6 is 0 Å². The number of halogens is 3. The number of aliphatic carboxylic acids is 1. The van der Waals surface area contributed by atoms with Crippen molar-refractivity contribution in [2.45, 2.75) is 6.18 Å². The molecule has 0 unspecified atom stereocenters. The van der Waals surface area contributed by atoms with E-state index < -0.39 is 31.3 Å². The molecule has 0 saturated heterocycles. The molecule has 2 amide bonds. The van der Waals surface area contributed by atoms with Gasteiger partial charge in [0, 0.05) is 7.05 Å². The molecule has 0 aliphatic heterocycles. The van der Waals surface area contributed by atoms with Crippen molar-refractivity contribution in [2.24, 2.45) is 7.05 Å². The minimum atomic E-state index is -4.70. The van der Waals surface area contributed by atoms with E-state index >= 15 is 0 Å². The third kappa shape index (κ3) is 4.81. The molecule has 11 heteroatoms. The number of rotatable bonds is 4. The number of hydrogen-bond acceptors (Lipinski definition) is 4. The summed E-state index contributed by atoms with van der Waals surface area (Å²) in [6.45, 7) is -2.76. The fourth-order valence-corrected chi connectivity index (χ4v) is 1.16. The maximum atomic E-state index is 12.2. The number of amides is 2. The molecule has 0 radical (unpaired) electrons. The number of alkyl halides is 3. The van der Waals surface area contributed by atoms with Crippen molar-refractivity contribution in [3.8, 4) is 0 Å². The first-order valence-corrected chi connectivity index (χ1v) is 4.87. The third-order valence-corrected chi connectivity index (χ3v) is 1.91. The van der Waals surface area contributed by atoms with Crippen molar-refractivity contribution >= 4 is 17.9 Å². The molecule has 19 heavy (non-hydrogen) atoms. The summed E-state index contributed by atoms with van der Waals surface area (Å²) < 4.78 is 37.8. The van der Waals surface area contributed by atoms with Crippen LogP contribution in [0.2, 0.25) is 0 Å². The molecule has 1 rings (SSSR count). The van der Waals surface area contributed by atoms with E-state index in [1.54, 1.807) is 0 Å². The first-order chi connectivity index (χ1) is 8.69. The molecule has 0 spiro atoms. The Morgan fingerprint density at radius 3 is 2.58 bits per heavy atom. The molecule has 0 bridgehead atoms. The monoisotopic (exact) mass is 281 g/mol. The Bertz CT molecular complexity index is 472. The topological polar surface area (TPSA) is 100 Å². The highest BCUT2D eigenvalue weighted by Gasteiger charge is 2.34. The Hall–Kier alpha value is -2.33. The summed E-state index contributed by atoms with van der Waals surface area (Å²) in [5.74, 6) is -1.65. The van der Waals surface area contributed by atoms with Crippen molar-refractivity contribution < 1.29 is 27.9 Å². The summed E-state index contributed by atoms with van der Waals surface area (Å²) in [7, 11) is 1.41. The van der Waals surface area contributed by atoms with Crippen LogP contribution in [0.25, 0.3) is 0 Å². The first kappa shape index (κ1) is 14.7. The highest BCUT2D eigenvalue weighted by molar-refractivity contribution is 5.89. The summed E-state index contributed by atoms with van der Waals surface area (Å²) in [6.07, 6.45) is -3.62. The highest BCUT2D eigenvalue weighted by Crippen LogP contribution is 2.17. The van der Waals surface area contributed by atoms with Gasteiger partial charge in [0.1, 0.15) is 19.4 Å². The van der Waals surface area contributed by atoms with Gasteiger partial charge in [0.05, 0.1) is 0 Å². The summed E-state index contributed by atoms with van der Waals surface area (Å²) in [6, 6.07) is -1.23. The van der Waals surface area contributed by atoms with Gasteiger partial charge in [-0.1, -0.05) is 0 Å². The highest BCUT2D eigenvalue weighted by atomic mass is 19.4. The molecule has 1 aromatic heterocycles. The third-order valence-electron chi connectivity index (χ3n) is 1.91. The van der Waals surface area contributed by atoms with Crippen LogP contribution in [0.5, 0.6) is 0 Å². The predicted octanol–water partition coefficient (Wildman–Crippen LogP) is 0.296. The van der Waals surface area contributed by atoms with E-state index in [0.29, 0.717) is 0 Å². The molecule has 106 valence electrons. The zero-order chi connectivity index (χ0) is 14.6. The van der Waals surface area contributed by atoms with Crippen LogP contribution in [-0.4, -0.2) is 56.0 Å². The molecular weight excluding hydrogens is 271 g/mol. The van der Waals surface area contributed by atoms with Crippen LogP contribution in [-0.2, 0) is 11.8 Å². The lowest BCUT2D eigenvalue weighted by atomic mass is 10.5. The molecule has 0 saturated carbocycles. The van der Waals surface area contributed by atoms with Gasteiger partial charge < -0.3 is 10.0 Å². The lowest BCUT2D eigenvalue weighted by Crippen LogP contribution is -2.44. The quantitative estimate of drug-likeness (QED) is 0.826. The van der Waals surface area contributed by atoms with Crippen molar-refractivity contribution in [1.29, 1.82) is 0 Å². The van der Waals surface area contributed by atoms with Crippen LogP contribution in [0.3, 0.4) is 0 Å². The van der Waals surface area contributed by atoms with Gasteiger partial charge >= 0.3 is 18.2 Å². The fraction of sp³-hybridized carbons (Fsp3) is 0.500. The Kier molecular flexibility index (Phi) is 4.30. The molecular formula is C8H10F3N5O3. The van der Waals surface area contributed by atoms with E-state index in [2.05, 4.69) is 10.1 Å². The molecule has 2 N–H and O–H groups in total. The number of carboxylic acids is 1. The van der Waals surface area contributed by atoms with Crippen molar-refractivity contribution in [3.05, 3.63) is 6.33 Å². The Labute approximate surface area is 104 Å². The normalized spacial score (nSPS) is 11.2. The SMILES string of the molecule is Cn1ncnc1NC(=O)N(CC(=O)O)CC(F)(F)F. The maximum Gasteiger partial charge on any atom is 0.406 e. The Morgan fingerprint density at radius 1 is 1.53 bits per heavy atom. The Morgan fingerprint density at radius 2 is 2.16 bits per heavy atom. The number of anilines is 1. The molecule has 0 aliphatic carbocycles. The van der Waals surface area contributed by atoms with Gasteiger partial charge in [-0.15, -0.1) is 0 Å². The van der Waals surface area contributed by atoms with E-state index in [9.17, 15) is 22.8 Å². The number of aromatic nitrogens is 3. The number of carbonyl (C=O) groups excluding carboxylic acids is 1. The molecule has 1 heterocycles. The number of carbonyl (C=O) groups is 2. The predicted molar refractivity (Wildman–Crippen MR) is 55.3 cm³/mol. The van der Waals surface area contributed by atoms with E-state index in [1.807, 2.05) is 5.32 Å². The largest absolute Gasteiger partial charge is 0.480 e. The van der Waals surface area contributed by atoms with Crippen LogP contribution in [0.15, 0.2) is 6.33 Å². The molecule has 0 fully saturated rings. The van der Waals surface area contributed by atoms with Gasteiger partial charge in [0.25, 0.3) is 0 Å². The van der Waals surface area contributed by atoms with Gasteiger partial charge in [-0.25, -0.2) is 9.48 Å². The molecule has 1 aromatic rings. The number of nitrogens with zero attached hydrogens (tertiary/aromatic N) is 4. The number of aryl methyl sites for hydroxylation is 1. The van der Waals surface area contributed by atoms with Crippen molar-refractivity contribution in [2.75, 3.05) is 18.4 Å². The van der Waals surface area contributed by atoms with Crippen molar-refractivity contribution in [3.63, 3.8) is 0 Å². The van der Waals surface area contributed by atoms with Crippen LogP contribution in [0, 0.1) is 0 Å². The van der Waals surface area contributed by atoms with Gasteiger partial charge in [0.2, 0.25) is 5.95 Å². The number of carboxylic acid groups (broad SMARTS) is 1. The van der Waals surface area contributed by atoms with Crippen LogP contribution in [0.1, 0.15) is 0 Å². The zero-order valence-corrected chi connectivity index (χ0v) is 9.68. The summed E-state index contributed by atoms with van der Waals surface area (Å²) in [5, 5.41) is 14.1. The van der Waals surface area contributed by atoms with Gasteiger partial charge in [0.15, 0.2) is 0 Å². The minimum Gasteiger partial charge on any atom is -0.480 e. The fourth-order valence-electron chi connectivity index (χ4n) is 1.16. The molecule has 0 aliphatic rings. The number of hydrogen-bond donors (Lipinski definition) is 2. The smallest absolute Gasteiger partial charge is 0.406 e. The maximum absolute atomic E-state index is 12.2. The van der Waals surface area contributed by atoms with E-state index in [4.69, 9.17) is 5.11 Å². The second-order valence-corrected chi connectivity index (χ2v) is 3.50. The lowest BCUT2D eigenvalue weighted by molar-refractivity contribution is -0.148. The van der Waals surface area contributed by atoms with E-state index in [1.165, 1.54) is 7.05 Å². The Balaban J connectivity index is 2.76. The first-order valence-electron chi connectivity index (χ1n) is 4.87. The average molecular weight is 281 g/mol. The van der Waals surface area contributed by atoms with E-state index in [0.717, 1.165) is 11.0 Å². The van der Waals surface area contributed by atoms with E-state index in [-0.39, 0.29) is 10.8 Å². The second kappa shape index (κ2) is 5.54. The molecule has 8 nitrogen and oxygen atoms in total. The zero-order valence-electron chi connectivity index (χ0n) is 9.68. The summed E-state index contributed by atoms with van der Waals surface area (Å²) >= 11 is 0. The van der Waals surface area contributed by atoms with Crippen LogP contribution < -0.4 is 5.32 Å². The molecule has 0 atom stereocenters. The minimum absolute atomic E-state index is 0.0948. The van der Waals surface area contributed by atoms with Crippen LogP contribution in [0.4, 0.5) is 23.9 Å². The second-order valence-electron chi connectivity index (χ2n) is 3.50. The summed E-state index contributed by atoms with van der Waals surface area (Å²) in [4.78, 5) is 25.7. The number of nitrogens with one attached hydrogen (secondary N) is 1.